The Labute approximate surface area is 314 Å². The number of non-ortho nitro benzene ring substituents is 1. The van der Waals surface area contributed by atoms with E-state index in [0.29, 0.717) is 28.9 Å². The first kappa shape index (κ1) is 36.4. The van der Waals surface area contributed by atoms with Crippen molar-refractivity contribution in [2.75, 3.05) is 44.6 Å². The fourth-order valence-electron chi connectivity index (χ4n) is 8.24. The molecule has 0 radical (unpaired) electrons. The van der Waals surface area contributed by atoms with Gasteiger partial charge in [-0.15, -0.1) is 0 Å². The quantitative estimate of drug-likeness (QED) is 0.0876. The first-order chi connectivity index (χ1) is 26.4. The Balaban J connectivity index is 0.735. The van der Waals surface area contributed by atoms with Crippen LogP contribution in [-0.2, 0) is 9.47 Å². The number of aromatic nitrogens is 2. The third kappa shape index (κ3) is 8.68. The van der Waals surface area contributed by atoms with Crippen molar-refractivity contribution in [3.8, 4) is 22.4 Å². The van der Waals surface area contributed by atoms with Crippen LogP contribution in [0.25, 0.3) is 28.0 Å². The average molecular weight is 737 g/mol. The molecule has 1 aromatic heterocycles. The summed E-state index contributed by atoms with van der Waals surface area (Å²) in [7, 11) is 0. The third-order valence-electron chi connectivity index (χ3n) is 11.4. The van der Waals surface area contributed by atoms with E-state index in [1.165, 1.54) is 31.2 Å². The van der Waals surface area contributed by atoms with Crippen molar-refractivity contribution >= 4 is 17.2 Å². The standard InChI is InChI=1S/C42H46F2N6O4/c43-37-24-35(50(51)52)13-14-36(37)31-15-19-48(20-16-31)26-28-9-11-29(12-10-28)27-53-41-40(54-41)49-21-17-34(18-22-49)46-42-45-25-38(44)39(47-42)33-8-4-7-32(23-33)30-5-2-1-3-6-30/h1-8,13-15,23-25,28-29,34,40-41H,9-12,16-22,26-27H2,(H,45,46,47). The number of halogens is 2. The molecule has 2 unspecified atom stereocenters. The second kappa shape index (κ2) is 16.4. The molecule has 3 aliphatic heterocycles. The number of nitrogens with zero attached hydrogens (tertiary/aromatic N) is 5. The number of epoxide rings is 1. The van der Waals surface area contributed by atoms with Gasteiger partial charge in [-0.05, 0) is 85.6 Å². The molecule has 12 heteroatoms. The van der Waals surface area contributed by atoms with Crippen LogP contribution in [0.15, 0.2) is 85.1 Å². The molecule has 3 fully saturated rings. The Kier molecular flexibility index (Phi) is 11.0. The molecule has 1 aliphatic carbocycles. The maximum absolute atomic E-state index is 14.9. The average Bonchev–Trinajstić information content (AvgIpc) is 3.99. The van der Waals surface area contributed by atoms with Gasteiger partial charge in [-0.1, -0.05) is 54.6 Å². The molecule has 2 atom stereocenters. The molecule has 8 rings (SSSR count). The second-order valence-corrected chi connectivity index (χ2v) is 15.1. The largest absolute Gasteiger partial charge is 0.351 e. The van der Waals surface area contributed by atoms with Crippen molar-refractivity contribution in [2.24, 2.45) is 11.8 Å². The van der Waals surface area contributed by atoms with Crippen molar-refractivity contribution in [3.63, 3.8) is 0 Å². The number of anilines is 1. The number of ether oxygens (including phenoxy) is 2. The number of hydrogen-bond acceptors (Lipinski definition) is 9. The molecule has 10 nitrogen and oxygen atoms in total. The number of rotatable bonds is 12. The molecule has 1 N–H and O–H groups in total. The van der Waals surface area contributed by atoms with Gasteiger partial charge in [0, 0.05) is 56.0 Å². The first-order valence-corrected chi connectivity index (χ1v) is 19.2. The van der Waals surface area contributed by atoms with Crippen molar-refractivity contribution in [3.05, 3.63) is 112 Å². The summed E-state index contributed by atoms with van der Waals surface area (Å²) < 4.78 is 41.6. The summed E-state index contributed by atoms with van der Waals surface area (Å²) in [6.45, 7) is 5.14. The van der Waals surface area contributed by atoms with E-state index in [9.17, 15) is 18.9 Å². The van der Waals surface area contributed by atoms with E-state index < -0.39 is 16.6 Å². The van der Waals surface area contributed by atoms with E-state index >= 15 is 0 Å². The van der Waals surface area contributed by atoms with Gasteiger partial charge in [0.15, 0.2) is 18.3 Å². The summed E-state index contributed by atoms with van der Waals surface area (Å²) >= 11 is 0. The lowest BCUT2D eigenvalue weighted by Gasteiger charge is -2.34. The van der Waals surface area contributed by atoms with Gasteiger partial charge < -0.3 is 14.8 Å². The van der Waals surface area contributed by atoms with Crippen LogP contribution in [0.1, 0.15) is 50.5 Å². The van der Waals surface area contributed by atoms with Gasteiger partial charge in [0.1, 0.15) is 11.5 Å². The zero-order chi connectivity index (χ0) is 37.0. The zero-order valence-electron chi connectivity index (χ0n) is 30.3. The SMILES string of the molecule is O=[N+]([O-])c1ccc(C2=CCN(CC3CCC(COC4OC4N4CCC(Nc5ncc(F)c(-c6cccc(-c7ccccc7)c6)n5)CC4)CC3)CC2)c(F)c1. The van der Waals surface area contributed by atoms with Crippen LogP contribution in [0.3, 0.4) is 0 Å². The van der Waals surface area contributed by atoms with Crippen LogP contribution < -0.4 is 5.32 Å². The normalized spacial score (nSPS) is 23.9. The summed E-state index contributed by atoms with van der Waals surface area (Å²) in [6.07, 6.45) is 10.3. The molecule has 0 spiro atoms. The third-order valence-corrected chi connectivity index (χ3v) is 11.4. The number of likely N-dealkylation sites (tertiary alicyclic amines) is 1. The van der Waals surface area contributed by atoms with E-state index in [0.717, 1.165) is 94.2 Å². The van der Waals surface area contributed by atoms with Crippen LogP contribution in [-0.4, -0.2) is 82.6 Å². The molecule has 54 heavy (non-hydrogen) atoms. The van der Waals surface area contributed by atoms with E-state index in [4.69, 9.17) is 9.47 Å². The van der Waals surface area contributed by atoms with Gasteiger partial charge in [0.2, 0.25) is 5.95 Å². The topological polar surface area (TPSA) is 109 Å². The van der Waals surface area contributed by atoms with Gasteiger partial charge in [-0.2, -0.15) is 0 Å². The second-order valence-electron chi connectivity index (χ2n) is 15.1. The van der Waals surface area contributed by atoms with E-state index in [1.807, 2.05) is 54.6 Å². The number of nitro benzene ring substituents is 1. The van der Waals surface area contributed by atoms with E-state index in [-0.39, 0.29) is 29.9 Å². The molecule has 3 aromatic carbocycles. The fraction of sp³-hybridized carbons (Fsp3) is 0.429. The molecule has 0 bridgehead atoms. The number of nitrogens with one attached hydrogen (secondary N) is 1. The van der Waals surface area contributed by atoms with Crippen LogP contribution in [0.2, 0.25) is 0 Å². The molecule has 4 aromatic rings. The maximum Gasteiger partial charge on any atom is 0.272 e. The van der Waals surface area contributed by atoms with Crippen molar-refractivity contribution in [2.45, 2.75) is 63.5 Å². The lowest BCUT2D eigenvalue weighted by molar-refractivity contribution is -0.385. The zero-order valence-corrected chi connectivity index (χ0v) is 30.3. The predicted molar refractivity (Wildman–Crippen MR) is 203 cm³/mol. The highest BCUT2D eigenvalue weighted by Gasteiger charge is 2.46. The first-order valence-electron chi connectivity index (χ1n) is 19.2. The molecule has 4 aliphatic rings. The summed E-state index contributed by atoms with van der Waals surface area (Å²) in [5.41, 5.74) is 4.26. The summed E-state index contributed by atoms with van der Waals surface area (Å²) in [6, 6.07) is 21.9. The lowest BCUT2D eigenvalue weighted by Crippen LogP contribution is -2.41. The Bertz CT molecular complexity index is 1970. The lowest BCUT2D eigenvalue weighted by atomic mass is 9.82. The highest BCUT2D eigenvalue weighted by Crippen LogP contribution is 2.35. The van der Waals surface area contributed by atoms with Crippen molar-refractivity contribution in [1.82, 2.24) is 19.8 Å². The molecular formula is C42H46F2N6O4. The fourth-order valence-corrected chi connectivity index (χ4v) is 8.24. The smallest absolute Gasteiger partial charge is 0.272 e. The van der Waals surface area contributed by atoms with Gasteiger partial charge in [-0.25, -0.2) is 18.7 Å². The van der Waals surface area contributed by atoms with Crippen LogP contribution in [0, 0.1) is 33.6 Å². The number of benzene rings is 3. The maximum atomic E-state index is 14.9. The summed E-state index contributed by atoms with van der Waals surface area (Å²) in [5.74, 6) is 0.648. The van der Waals surface area contributed by atoms with Crippen molar-refractivity contribution in [1.29, 1.82) is 0 Å². The van der Waals surface area contributed by atoms with Crippen LogP contribution in [0.5, 0.6) is 0 Å². The number of nitro groups is 1. The Morgan fingerprint density at radius 1 is 0.870 bits per heavy atom. The molecule has 0 amide bonds. The van der Waals surface area contributed by atoms with Gasteiger partial charge >= 0.3 is 0 Å². The van der Waals surface area contributed by atoms with E-state index in [2.05, 4.69) is 31.2 Å². The van der Waals surface area contributed by atoms with Gasteiger partial charge in [0.05, 0.1) is 23.8 Å². The minimum Gasteiger partial charge on any atom is -0.351 e. The molecule has 4 heterocycles. The Morgan fingerprint density at radius 2 is 1.63 bits per heavy atom. The van der Waals surface area contributed by atoms with Gasteiger partial charge in [-0.3, -0.25) is 19.9 Å². The Hall–Kier alpha value is -4.62. The minimum absolute atomic E-state index is 0.00406. The predicted octanol–water partition coefficient (Wildman–Crippen LogP) is 8.17. The van der Waals surface area contributed by atoms with Crippen LogP contribution >= 0.6 is 0 Å². The molecular weight excluding hydrogens is 690 g/mol. The summed E-state index contributed by atoms with van der Waals surface area (Å²) in [5, 5.41) is 14.4. The molecule has 1 saturated carbocycles. The highest BCUT2D eigenvalue weighted by molar-refractivity contribution is 5.72. The summed E-state index contributed by atoms with van der Waals surface area (Å²) in [4.78, 5) is 24.0. The molecule has 2 saturated heterocycles. The van der Waals surface area contributed by atoms with Crippen molar-refractivity contribution < 1.29 is 23.2 Å². The molecule has 282 valence electrons. The van der Waals surface area contributed by atoms with E-state index in [1.54, 1.807) is 0 Å². The Morgan fingerprint density at radius 3 is 2.37 bits per heavy atom. The van der Waals surface area contributed by atoms with Crippen LogP contribution in [0.4, 0.5) is 20.4 Å². The number of piperidine rings is 1. The van der Waals surface area contributed by atoms with Gasteiger partial charge in [0.25, 0.3) is 5.69 Å². The highest BCUT2D eigenvalue weighted by atomic mass is 19.1. The number of hydrogen-bond donors (Lipinski definition) is 1. The monoisotopic (exact) mass is 736 g/mol. The minimum atomic E-state index is -0.567.